The van der Waals surface area contributed by atoms with Crippen LogP contribution in [0.25, 0.3) is 0 Å². The number of anilines is 1. The maximum absolute atomic E-state index is 13.3. The van der Waals surface area contributed by atoms with Gasteiger partial charge in [-0.25, -0.2) is 4.39 Å². The molecule has 22 heavy (non-hydrogen) atoms. The average molecular weight is 328 g/mol. The first-order valence-electron chi connectivity index (χ1n) is 7.24. The van der Waals surface area contributed by atoms with E-state index in [0.717, 1.165) is 19.5 Å². The number of hydrogen-bond donors (Lipinski definition) is 2. The van der Waals surface area contributed by atoms with Crippen molar-refractivity contribution < 1.29 is 14.0 Å². The van der Waals surface area contributed by atoms with Gasteiger partial charge in [-0.2, -0.15) is 0 Å². The predicted molar refractivity (Wildman–Crippen MR) is 83.7 cm³/mol. The smallest absolute Gasteiger partial charge is 0.230 e. The molecule has 5 nitrogen and oxygen atoms in total. The van der Waals surface area contributed by atoms with Gasteiger partial charge in [-0.05, 0) is 30.7 Å². The van der Waals surface area contributed by atoms with Crippen LogP contribution in [0, 0.1) is 5.82 Å². The van der Waals surface area contributed by atoms with Crippen LogP contribution < -0.4 is 10.6 Å². The van der Waals surface area contributed by atoms with Crippen molar-refractivity contribution in [3.63, 3.8) is 0 Å². The highest BCUT2D eigenvalue weighted by Crippen LogP contribution is 2.34. The van der Waals surface area contributed by atoms with Gasteiger partial charge in [0.1, 0.15) is 5.82 Å². The van der Waals surface area contributed by atoms with E-state index in [2.05, 4.69) is 10.6 Å². The molecule has 1 aromatic rings. The molecule has 1 unspecified atom stereocenters. The summed E-state index contributed by atoms with van der Waals surface area (Å²) < 4.78 is 13.3. The minimum absolute atomic E-state index is 0. The van der Waals surface area contributed by atoms with E-state index < -0.39 is 11.7 Å². The number of nitrogens with one attached hydrogen (secondary N) is 2. The molecule has 120 valence electrons. The second kappa shape index (κ2) is 7.07. The van der Waals surface area contributed by atoms with Crippen LogP contribution in [0.15, 0.2) is 18.2 Å². The maximum atomic E-state index is 13.3. The van der Waals surface area contributed by atoms with Crippen LogP contribution in [0.1, 0.15) is 24.3 Å². The molecular formula is C15H19ClFN3O2. The minimum atomic E-state index is -0.507. The van der Waals surface area contributed by atoms with Gasteiger partial charge < -0.3 is 15.5 Å². The van der Waals surface area contributed by atoms with Gasteiger partial charge in [-0.3, -0.25) is 9.59 Å². The van der Waals surface area contributed by atoms with E-state index in [9.17, 15) is 14.0 Å². The normalized spacial score (nSPS) is 21.2. The monoisotopic (exact) mass is 327 g/mol. The van der Waals surface area contributed by atoms with Gasteiger partial charge in [0.15, 0.2) is 0 Å². The Bertz CT molecular complexity index is 574. The molecule has 1 aromatic carbocycles. The Morgan fingerprint density at radius 2 is 2.09 bits per heavy atom. The molecule has 2 amide bonds. The van der Waals surface area contributed by atoms with Gasteiger partial charge in [-0.15, -0.1) is 12.4 Å². The van der Waals surface area contributed by atoms with Crippen LogP contribution in [0.2, 0.25) is 0 Å². The number of nitrogens with zero attached hydrogens (tertiary/aromatic N) is 1. The van der Waals surface area contributed by atoms with Crippen molar-refractivity contribution in [1.82, 2.24) is 10.2 Å². The summed E-state index contributed by atoms with van der Waals surface area (Å²) in [6.07, 6.45) is 1.03. The molecule has 3 rings (SSSR count). The lowest BCUT2D eigenvalue weighted by molar-refractivity contribution is -0.134. The molecule has 0 aliphatic carbocycles. The fourth-order valence-corrected chi connectivity index (χ4v) is 2.94. The van der Waals surface area contributed by atoms with E-state index in [0.29, 0.717) is 24.3 Å². The lowest BCUT2D eigenvalue weighted by Gasteiger charge is -2.30. The number of rotatable bonds is 1. The molecule has 1 saturated heterocycles. The molecule has 0 aromatic heterocycles. The molecule has 1 atom stereocenters. The Labute approximate surface area is 134 Å². The second-order valence-electron chi connectivity index (χ2n) is 5.47. The summed E-state index contributed by atoms with van der Waals surface area (Å²) in [6, 6.07) is 4.21. The number of fused-ring (bicyclic) bond motifs is 1. The van der Waals surface area contributed by atoms with Gasteiger partial charge in [0.05, 0.1) is 5.92 Å². The Kier molecular flexibility index (Phi) is 5.37. The molecule has 1 fully saturated rings. The highest BCUT2D eigenvalue weighted by molar-refractivity contribution is 6.01. The van der Waals surface area contributed by atoms with Crippen molar-refractivity contribution in [3.8, 4) is 0 Å². The summed E-state index contributed by atoms with van der Waals surface area (Å²) in [6.45, 7) is 3.01. The first kappa shape index (κ1) is 16.7. The molecule has 2 aliphatic rings. The van der Waals surface area contributed by atoms with E-state index in [1.807, 2.05) is 0 Å². The molecule has 2 N–H and O–H groups in total. The molecule has 0 bridgehead atoms. The molecule has 2 heterocycles. The van der Waals surface area contributed by atoms with Crippen LogP contribution in [0.5, 0.6) is 0 Å². The number of carbonyl (C=O) groups is 2. The van der Waals surface area contributed by atoms with Crippen LogP contribution in [-0.2, 0) is 9.59 Å². The predicted octanol–water partition coefficient (Wildman–Crippen LogP) is 1.50. The Hall–Kier alpha value is -1.66. The Morgan fingerprint density at radius 1 is 1.27 bits per heavy atom. The average Bonchev–Trinajstić information content (AvgIpc) is 2.74. The van der Waals surface area contributed by atoms with Crippen molar-refractivity contribution in [2.45, 2.75) is 18.8 Å². The molecule has 7 heteroatoms. The third-order valence-electron chi connectivity index (χ3n) is 4.00. The van der Waals surface area contributed by atoms with E-state index >= 15 is 0 Å². The van der Waals surface area contributed by atoms with Crippen molar-refractivity contribution in [2.24, 2.45) is 0 Å². The first-order chi connectivity index (χ1) is 10.1. The Morgan fingerprint density at radius 3 is 2.91 bits per heavy atom. The van der Waals surface area contributed by atoms with Crippen LogP contribution in [-0.4, -0.2) is 42.9 Å². The summed E-state index contributed by atoms with van der Waals surface area (Å²) >= 11 is 0. The summed E-state index contributed by atoms with van der Waals surface area (Å²) in [7, 11) is 0. The molecular weight excluding hydrogens is 309 g/mol. The number of amides is 2. The van der Waals surface area contributed by atoms with Crippen molar-refractivity contribution in [3.05, 3.63) is 29.6 Å². The number of halogens is 2. The van der Waals surface area contributed by atoms with E-state index in [1.165, 1.54) is 12.1 Å². The summed E-state index contributed by atoms with van der Waals surface area (Å²) in [5, 5.41) is 5.89. The Balaban J connectivity index is 0.00000176. The van der Waals surface area contributed by atoms with Crippen molar-refractivity contribution in [1.29, 1.82) is 0 Å². The molecule has 0 saturated carbocycles. The number of hydrogen-bond acceptors (Lipinski definition) is 3. The van der Waals surface area contributed by atoms with Gasteiger partial charge in [-0.1, -0.05) is 6.07 Å². The zero-order chi connectivity index (χ0) is 14.8. The number of benzene rings is 1. The lowest BCUT2D eigenvalue weighted by atomic mass is 9.89. The minimum Gasteiger partial charge on any atom is -0.341 e. The summed E-state index contributed by atoms with van der Waals surface area (Å²) in [4.78, 5) is 26.3. The van der Waals surface area contributed by atoms with Crippen molar-refractivity contribution >= 4 is 29.9 Å². The standard InChI is InChI=1S/C15H18FN3O2.ClH/c16-10-2-3-11-12(9-14(20)18-13(11)8-10)15(21)19-6-1-4-17-5-7-19;/h2-3,8,12,17H,1,4-7,9H2,(H,18,20);1H. The summed E-state index contributed by atoms with van der Waals surface area (Å²) in [5.41, 5.74) is 1.12. The van der Waals surface area contributed by atoms with Gasteiger partial charge in [0.2, 0.25) is 11.8 Å². The van der Waals surface area contributed by atoms with Crippen LogP contribution >= 0.6 is 12.4 Å². The topological polar surface area (TPSA) is 61.4 Å². The second-order valence-corrected chi connectivity index (χ2v) is 5.47. The van der Waals surface area contributed by atoms with E-state index in [1.54, 1.807) is 11.0 Å². The van der Waals surface area contributed by atoms with E-state index in [4.69, 9.17) is 0 Å². The third kappa shape index (κ3) is 3.39. The summed E-state index contributed by atoms with van der Waals surface area (Å²) in [5.74, 6) is -1.20. The molecule has 0 spiro atoms. The van der Waals surface area contributed by atoms with Gasteiger partial charge >= 0.3 is 0 Å². The third-order valence-corrected chi connectivity index (χ3v) is 4.00. The van der Waals surface area contributed by atoms with Crippen molar-refractivity contribution in [2.75, 3.05) is 31.5 Å². The zero-order valence-electron chi connectivity index (χ0n) is 12.1. The highest BCUT2D eigenvalue weighted by atomic mass is 35.5. The van der Waals surface area contributed by atoms with Crippen LogP contribution in [0.3, 0.4) is 0 Å². The maximum Gasteiger partial charge on any atom is 0.230 e. The van der Waals surface area contributed by atoms with Gasteiger partial charge in [0, 0.05) is 31.7 Å². The number of carbonyl (C=O) groups excluding carboxylic acids is 2. The SMILES string of the molecule is Cl.O=C1CC(C(=O)N2CCCNCC2)c2ccc(F)cc2N1. The molecule has 2 aliphatic heterocycles. The fraction of sp³-hybridized carbons (Fsp3) is 0.467. The van der Waals surface area contributed by atoms with Crippen LogP contribution in [0.4, 0.5) is 10.1 Å². The quantitative estimate of drug-likeness (QED) is 0.821. The van der Waals surface area contributed by atoms with E-state index in [-0.39, 0.29) is 30.6 Å². The lowest BCUT2D eigenvalue weighted by Crippen LogP contribution is -2.40. The van der Waals surface area contributed by atoms with Gasteiger partial charge in [0.25, 0.3) is 0 Å². The zero-order valence-corrected chi connectivity index (χ0v) is 12.9. The molecule has 0 radical (unpaired) electrons. The largest absolute Gasteiger partial charge is 0.341 e. The first-order valence-corrected chi connectivity index (χ1v) is 7.24. The fourth-order valence-electron chi connectivity index (χ4n) is 2.94. The highest BCUT2D eigenvalue weighted by Gasteiger charge is 2.33.